The lowest BCUT2D eigenvalue weighted by atomic mass is 9.91. The molecule has 0 radical (unpaired) electrons. The molecule has 1 saturated heterocycles. The molecule has 43 heavy (non-hydrogen) atoms. The van der Waals surface area contributed by atoms with Gasteiger partial charge in [0.15, 0.2) is 5.78 Å². The van der Waals surface area contributed by atoms with E-state index in [0.717, 1.165) is 41.8 Å². The molecule has 1 aromatic heterocycles. The number of hydrogen-bond donors (Lipinski definition) is 1. The highest BCUT2D eigenvalue weighted by Crippen LogP contribution is 2.57. The van der Waals surface area contributed by atoms with Gasteiger partial charge in [-0.3, -0.25) is 14.4 Å². The first-order valence-electron chi connectivity index (χ1n) is 15.4. The van der Waals surface area contributed by atoms with E-state index < -0.39 is 29.4 Å². The predicted octanol–water partition coefficient (Wildman–Crippen LogP) is 5.25. The highest BCUT2D eigenvalue weighted by Gasteiger charge is 2.61. The van der Waals surface area contributed by atoms with Gasteiger partial charge in [0.25, 0.3) is 0 Å². The number of aromatic nitrogens is 1. The normalized spacial score (nSPS) is 29.0. The minimum absolute atomic E-state index is 0.00627. The predicted molar refractivity (Wildman–Crippen MR) is 161 cm³/mol. The molecule has 2 N–H and O–H groups in total. The second-order valence-corrected chi connectivity index (χ2v) is 12.1. The summed E-state index contributed by atoms with van der Waals surface area (Å²) in [7, 11) is 0. The van der Waals surface area contributed by atoms with Crippen molar-refractivity contribution in [2.24, 2.45) is 17.1 Å². The average Bonchev–Trinajstić information content (AvgIpc) is 3.53. The Hall–Kier alpha value is -3.85. The molecular weight excluding hydrogens is 549 g/mol. The molecule has 3 aromatic rings. The number of hydrogen-bond acceptors (Lipinski definition) is 7. The van der Waals surface area contributed by atoms with Gasteiger partial charge >= 0.3 is 5.97 Å². The van der Waals surface area contributed by atoms with Gasteiger partial charge in [0.05, 0.1) is 36.2 Å². The second kappa shape index (κ2) is 12.0. The maximum absolute atomic E-state index is 14.1. The van der Waals surface area contributed by atoms with Gasteiger partial charge in [-0.1, -0.05) is 43.2 Å². The fourth-order valence-corrected chi connectivity index (χ4v) is 6.78. The summed E-state index contributed by atoms with van der Waals surface area (Å²) in [4.78, 5) is 47.0. The standard InChI is InChI=1S/C34H38FN3O5/c1-2-42-33(41)34-18-21(34)10-6-4-3-5-7-13-27(36)32(40)38-20-23(17-29(38)30(39)19-34)43-31-26-12-9-8-11-24(26)25-15-14-22(35)16-28(25)37-31/h6,8-12,14-16,21,23,27,29H,2-5,7,13,17-20,36H2,1H3/b10-6-/t21-,23-,27+,29+,34-/m1/s1. The van der Waals surface area contributed by atoms with Crippen molar-refractivity contribution in [1.82, 2.24) is 9.88 Å². The molecular formula is C34H38FN3O5. The Morgan fingerprint density at radius 1 is 1.12 bits per heavy atom. The highest BCUT2D eigenvalue weighted by atomic mass is 19.1. The Morgan fingerprint density at radius 3 is 2.74 bits per heavy atom. The van der Waals surface area contributed by atoms with Crippen molar-refractivity contribution < 1.29 is 28.2 Å². The highest BCUT2D eigenvalue weighted by molar-refractivity contribution is 6.07. The van der Waals surface area contributed by atoms with Crippen molar-refractivity contribution in [2.75, 3.05) is 13.2 Å². The number of benzene rings is 2. The summed E-state index contributed by atoms with van der Waals surface area (Å²) in [5.41, 5.74) is 5.93. The van der Waals surface area contributed by atoms with Gasteiger partial charge in [0.2, 0.25) is 11.8 Å². The van der Waals surface area contributed by atoms with Crippen LogP contribution in [0.5, 0.6) is 5.88 Å². The number of amides is 1. The van der Waals surface area contributed by atoms with E-state index in [4.69, 9.17) is 15.2 Å². The first kappa shape index (κ1) is 29.2. The molecule has 2 aromatic carbocycles. The van der Waals surface area contributed by atoms with Gasteiger partial charge in [0.1, 0.15) is 11.9 Å². The molecule has 6 rings (SSSR count). The molecule has 1 saturated carbocycles. The summed E-state index contributed by atoms with van der Waals surface area (Å²) >= 11 is 0. The maximum Gasteiger partial charge on any atom is 0.313 e. The van der Waals surface area contributed by atoms with E-state index in [-0.39, 0.29) is 49.6 Å². The molecule has 2 fully saturated rings. The van der Waals surface area contributed by atoms with Gasteiger partial charge in [-0.15, -0.1) is 0 Å². The van der Waals surface area contributed by atoms with Gasteiger partial charge in [-0.2, -0.15) is 0 Å². The Bertz CT molecular complexity index is 1590. The van der Waals surface area contributed by atoms with E-state index in [1.54, 1.807) is 17.9 Å². The number of nitrogens with two attached hydrogens (primary N) is 1. The van der Waals surface area contributed by atoms with Crippen molar-refractivity contribution in [2.45, 2.75) is 76.5 Å². The summed E-state index contributed by atoms with van der Waals surface area (Å²) < 4.78 is 26.0. The lowest BCUT2D eigenvalue weighted by Crippen LogP contribution is -2.49. The number of ketones is 1. The number of Topliss-reactive ketones (excluding diaryl/α,β-unsaturated/α-hetero) is 1. The van der Waals surface area contributed by atoms with Crippen molar-refractivity contribution in [3.8, 4) is 5.88 Å². The number of rotatable bonds is 4. The van der Waals surface area contributed by atoms with Crippen LogP contribution in [-0.4, -0.2) is 58.9 Å². The number of carbonyl (C=O) groups excluding carboxylic acids is 3. The molecule has 3 heterocycles. The van der Waals surface area contributed by atoms with E-state index >= 15 is 0 Å². The molecule has 0 spiro atoms. The summed E-state index contributed by atoms with van der Waals surface area (Å²) in [6.45, 7) is 2.16. The van der Waals surface area contributed by atoms with Gasteiger partial charge < -0.3 is 20.1 Å². The molecule has 226 valence electrons. The first-order valence-corrected chi connectivity index (χ1v) is 15.4. The van der Waals surface area contributed by atoms with Crippen molar-refractivity contribution in [1.29, 1.82) is 0 Å². The Balaban J connectivity index is 1.31. The number of ether oxygens (including phenoxy) is 2. The van der Waals surface area contributed by atoms with Gasteiger partial charge in [-0.25, -0.2) is 9.37 Å². The Morgan fingerprint density at radius 2 is 1.93 bits per heavy atom. The van der Waals surface area contributed by atoms with Crippen LogP contribution in [0.4, 0.5) is 4.39 Å². The van der Waals surface area contributed by atoms with E-state index in [2.05, 4.69) is 17.1 Å². The Kier molecular flexibility index (Phi) is 8.18. The van der Waals surface area contributed by atoms with Crippen molar-refractivity contribution in [3.05, 3.63) is 60.4 Å². The zero-order valence-electron chi connectivity index (χ0n) is 24.5. The smallest absolute Gasteiger partial charge is 0.313 e. The monoisotopic (exact) mass is 587 g/mol. The average molecular weight is 588 g/mol. The molecule has 0 unspecified atom stereocenters. The summed E-state index contributed by atoms with van der Waals surface area (Å²) in [6.07, 6.45) is 8.53. The molecule has 3 aliphatic rings. The SMILES string of the molecule is CCOC(=O)[C@]12CC(=O)[C@@H]3C[C@@H](Oc4nc5cc(F)ccc5c5ccccc45)CN3C(=O)[C@@H](N)CCCCC/C=C\[C@@H]1C2. The number of nitrogens with zero attached hydrogens (tertiary/aromatic N) is 2. The van der Waals surface area contributed by atoms with Crippen LogP contribution < -0.4 is 10.5 Å². The molecule has 1 amide bonds. The van der Waals surface area contributed by atoms with Crippen LogP contribution >= 0.6 is 0 Å². The van der Waals surface area contributed by atoms with Crippen LogP contribution in [0.1, 0.15) is 58.3 Å². The maximum atomic E-state index is 14.1. The van der Waals surface area contributed by atoms with Crippen LogP contribution in [0, 0.1) is 17.2 Å². The zero-order chi connectivity index (χ0) is 30.1. The molecule has 9 heteroatoms. The van der Waals surface area contributed by atoms with Gasteiger partial charge in [0, 0.05) is 29.7 Å². The minimum atomic E-state index is -0.903. The molecule has 0 bridgehead atoms. The second-order valence-electron chi connectivity index (χ2n) is 12.1. The number of allylic oxidation sites excluding steroid dienone is 2. The number of halogens is 1. The van der Waals surface area contributed by atoms with Crippen LogP contribution in [0.3, 0.4) is 0 Å². The fourth-order valence-electron chi connectivity index (χ4n) is 6.78. The quantitative estimate of drug-likeness (QED) is 0.252. The molecule has 5 atom stereocenters. The van der Waals surface area contributed by atoms with Gasteiger partial charge in [-0.05, 0) is 62.1 Å². The number of pyridine rings is 1. The minimum Gasteiger partial charge on any atom is -0.472 e. The number of esters is 1. The van der Waals surface area contributed by atoms with E-state index in [1.165, 1.54) is 12.1 Å². The third kappa shape index (κ3) is 5.75. The van der Waals surface area contributed by atoms with Crippen LogP contribution in [0.25, 0.3) is 21.7 Å². The first-order chi connectivity index (χ1) is 20.8. The van der Waals surface area contributed by atoms with E-state index in [9.17, 15) is 18.8 Å². The van der Waals surface area contributed by atoms with Crippen molar-refractivity contribution in [3.63, 3.8) is 0 Å². The third-order valence-corrected chi connectivity index (χ3v) is 9.20. The topological polar surface area (TPSA) is 112 Å². The lowest BCUT2D eigenvalue weighted by Gasteiger charge is -2.27. The summed E-state index contributed by atoms with van der Waals surface area (Å²) in [6, 6.07) is 10.6. The Labute approximate surface area is 250 Å². The largest absolute Gasteiger partial charge is 0.472 e. The number of carbonyl (C=O) groups is 3. The summed E-state index contributed by atoms with van der Waals surface area (Å²) in [5.74, 6) is -0.976. The van der Waals surface area contributed by atoms with E-state index in [0.29, 0.717) is 24.2 Å². The summed E-state index contributed by atoms with van der Waals surface area (Å²) in [5, 5.41) is 2.43. The fraction of sp³-hybridized carbons (Fsp3) is 0.471. The molecule has 2 aliphatic heterocycles. The van der Waals surface area contributed by atoms with Crippen LogP contribution in [-0.2, 0) is 19.1 Å². The third-order valence-electron chi connectivity index (χ3n) is 9.20. The van der Waals surface area contributed by atoms with Crippen LogP contribution in [0.2, 0.25) is 0 Å². The lowest BCUT2D eigenvalue weighted by molar-refractivity contribution is -0.152. The van der Waals surface area contributed by atoms with Crippen LogP contribution in [0.15, 0.2) is 54.6 Å². The zero-order valence-corrected chi connectivity index (χ0v) is 24.5. The molecule has 8 nitrogen and oxygen atoms in total. The van der Waals surface area contributed by atoms with E-state index in [1.807, 2.05) is 24.3 Å². The number of fused-ring (bicyclic) bond motifs is 5. The molecule has 1 aliphatic carbocycles. The van der Waals surface area contributed by atoms with Crippen molar-refractivity contribution >= 4 is 39.3 Å².